The van der Waals surface area contributed by atoms with Crippen LogP contribution in [0.2, 0.25) is 0 Å². The van der Waals surface area contributed by atoms with Crippen LogP contribution in [0.4, 0.5) is 0 Å². The second-order valence-electron chi connectivity index (χ2n) is 2.11. The molecule has 0 bridgehead atoms. The van der Waals surface area contributed by atoms with Gasteiger partial charge in [0, 0.05) is 13.1 Å². The van der Waals surface area contributed by atoms with Crippen molar-refractivity contribution in [2.75, 3.05) is 33.0 Å². The highest BCUT2D eigenvalue weighted by molar-refractivity contribution is 4.56. The van der Waals surface area contributed by atoms with Crippen molar-refractivity contribution in [3.63, 3.8) is 0 Å². The number of nitrogens with zero attached hydrogens (tertiary/aromatic N) is 1. The summed E-state index contributed by atoms with van der Waals surface area (Å²) in [6.07, 6.45) is 0. The summed E-state index contributed by atoms with van der Waals surface area (Å²) in [5, 5.41) is 16.0. The molecule has 0 radical (unpaired) electrons. The minimum atomic E-state index is 0.228. The zero-order valence-corrected chi connectivity index (χ0v) is 6.02. The molecule has 0 aliphatic carbocycles. The maximum atomic E-state index is 9.28. The monoisotopic (exact) mass is 164 g/mol. The first-order valence-corrected chi connectivity index (χ1v) is 3.31. The van der Waals surface area contributed by atoms with Gasteiger partial charge in [0.05, 0.1) is 13.2 Å². The Labute approximate surface area is 64.0 Å². The highest BCUT2D eigenvalue weighted by Crippen LogP contribution is 1.95. The van der Waals surface area contributed by atoms with Gasteiger partial charge in [0.2, 0.25) is 0 Å². The molecule has 0 N–H and O–H groups in total. The molecule has 0 aromatic carbocycles. The van der Waals surface area contributed by atoms with Gasteiger partial charge in [-0.3, -0.25) is 9.94 Å². The number of hydrogen-bond acceptors (Lipinski definition) is 6. The van der Waals surface area contributed by atoms with Gasteiger partial charge in [0.1, 0.15) is 6.73 Å². The van der Waals surface area contributed by atoms with E-state index in [-0.39, 0.29) is 6.73 Å². The summed E-state index contributed by atoms with van der Waals surface area (Å²) >= 11 is 0. The first-order chi connectivity index (χ1) is 5.43. The molecule has 11 heavy (non-hydrogen) atoms. The topological polar surface area (TPSA) is 63.2 Å². The molecule has 66 valence electrons. The van der Waals surface area contributed by atoms with Crippen LogP contribution in [0.5, 0.6) is 0 Å². The largest absolute Gasteiger partial charge is 0.690 e. The molecule has 0 unspecified atom stereocenters. The molecule has 1 rings (SSSR count). The lowest BCUT2D eigenvalue weighted by Gasteiger charge is -2.25. The first kappa shape index (κ1) is 8.85. The minimum absolute atomic E-state index is 0.228. The van der Waals surface area contributed by atoms with E-state index in [2.05, 4.69) is 15.0 Å². The Bertz CT molecular complexity index is 94.9. The van der Waals surface area contributed by atoms with Gasteiger partial charge in [-0.25, -0.2) is 0 Å². The fraction of sp³-hybridized carbons (Fsp3) is 1.00. The molecule has 0 saturated carbocycles. The average molecular weight is 164 g/mol. The van der Waals surface area contributed by atoms with Gasteiger partial charge >= 0.3 is 0 Å². The van der Waals surface area contributed by atoms with Gasteiger partial charge in [0.15, 0.2) is 0 Å². The quantitative estimate of drug-likeness (QED) is 0.284. The van der Waals surface area contributed by atoms with Gasteiger partial charge in [0.25, 0.3) is 0 Å². The van der Waals surface area contributed by atoms with Gasteiger partial charge in [-0.2, -0.15) is 4.89 Å². The van der Waals surface area contributed by atoms with Crippen LogP contribution in [0.15, 0.2) is 0 Å². The third kappa shape index (κ3) is 3.61. The van der Waals surface area contributed by atoms with Crippen molar-refractivity contribution < 1.29 is 25.0 Å². The second-order valence-corrected chi connectivity index (χ2v) is 2.11. The van der Waals surface area contributed by atoms with Crippen molar-refractivity contribution in [3.8, 4) is 0 Å². The van der Waals surface area contributed by atoms with Crippen LogP contribution in [0.1, 0.15) is 0 Å². The Balaban J connectivity index is 1.96. The maximum absolute atomic E-state index is 9.28. The molecule has 0 atom stereocenters. The lowest BCUT2D eigenvalue weighted by atomic mass is 10.5. The molecule has 6 heteroatoms. The molecule has 1 aliphatic heterocycles. The summed E-state index contributed by atoms with van der Waals surface area (Å²) < 4.78 is 5.07. The van der Waals surface area contributed by atoms with Crippen molar-refractivity contribution in [2.45, 2.75) is 0 Å². The van der Waals surface area contributed by atoms with Crippen molar-refractivity contribution in [1.29, 1.82) is 0 Å². The van der Waals surface area contributed by atoms with E-state index in [4.69, 9.17) is 4.74 Å². The van der Waals surface area contributed by atoms with E-state index < -0.39 is 0 Å². The molecule has 6 nitrogen and oxygen atoms in total. The van der Waals surface area contributed by atoms with Crippen LogP contribution in [-0.4, -0.2) is 37.9 Å². The van der Waals surface area contributed by atoms with Gasteiger partial charge in [-0.1, -0.05) is 5.04 Å². The molecular formula is C5H10NO5-. The second kappa shape index (κ2) is 5.42. The van der Waals surface area contributed by atoms with Crippen molar-refractivity contribution >= 4 is 0 Å². The summed E-state index contributed by atoms with van der Waals surface area (Å²) in [5.74, 6) is 0. The Kier molecular flexibility index (Phi) is 4.36. The Morgan fingerprint density at radius 1 is 1.36 bits per heavy atom. The first-order valence-electron chi connectivity index (χ1n) is 3.31. The number of morpholine rings is 1. The molecular weight excluding hydrogens is 154 g/mol. The zero-order chi connectivity index (χ0) is 7.94. The van der Waals surface area contributed by atoms with Crippen LogP contribution in [0.25, 0.3) is 0 Å². The van der Waals surface area contributed by atoms with Crippen LogP contribution < -0.4 is 5.26 Å². The predicted molar refractivity (Wildman–Crippen MR) is 30.5 cm³/mol. The number of rotatable bonds is 4. The van der Waals surface area contributed by atoms with E-state index in [1.54, 1.807) is 0 Å². The van der Waals surface area contributed by atoms with E-state index in [1.807, 2.05) is 4.90 Å². The summed E-state index contributed by atoms with van der Waals surface area (Å²) in [7, 11) is 0. The molecule has 1 fully saturated rings. The maximum Gasteiger partial charge on any atom is 0.138 e. The Hall–Kier alpha value is -0.240. The highest BCUT2D eigenvalue weighted by Gasteiger charge is 2.09. The fourth-order valence-electron chi connectivity index (χ4n) is 0.846. The summed E-state index contributed by atoms with van der Waals surface area (Å²) in [6, 6.07) is 0. The smallest absolute Gasteiger partial charge is 0.138 e. The minimum Gasteiger partial charge on any atom is -0.690 e. The normalized spacial score (nSPS) is 20.5. The molecule has 0 aromatic rings. The van der Waals surface area contributed by atoms with E-state index >= 15 is 0 Å². The Morgan fingerprint density at radius 2 is 2.09 bits per heavy atom. The lowest BCUT2D eigenvalue weighted by molar-refractivity contribution is -0.850. The van der Waals surface area contributed by atoms with Crippen molar-refractivity contribution in [2.24, 2.45) is 0 Å². The third-order valence-corrected chi connectivity index (χ3v) is 1.41. The van der Waals surface area contributed by atoms with Crippen molar-refractivity contribution in [1.82, 2.24) is 4.90 Å². The molecule has 1 aliphatic rings. The highest BCUT2D eigenvalue weighted by atomic mass is 17.6. The van der Waals surface area contributed by atoms with E-state index in [9.17, 15) is 5.26 Å². The third-order valence-electron chi connectivity index (χ3n) is 1.41. The summed E-state index contributed by atoms with van der Waals surface area (Å²) in [4.78, 5) is 6.29. The van der Waals surface area contributed by atoms with E-state index in [1.165, 1.54) is 0 Å². The van der Waals surface area contributed by atoms with Crippen LogP contribution in [0, 0.1) is 0 Å². The van der Waals surface area contributed by atoms with Crippen molar-refractivity contribution in [3.05, 3.63) is 0 Å². The summed E-state index contributed by atoms with van der Waals surface area (Å²) in [6.45, 7) is 3.15. The van der Waals surface area contributed by atoms with Crippen LogP contribution in [0.3, 0.4) is 0 Å². The van der Waals surface area contributed by atoms with Gasteiger partial charge < -0.3 is 9.99 Å². The fourth-order valence-corrected chi connectivity index (χ4v) is 0.846. The van der Waals surface area contributed by atoms with E-state index in [0.717, 1.165) is 13.1 Å². The molecule has 0 spiro atoms. The van der Waals surface area contributed by atoms with Gasteiger partial charge in [-0.15, -0.1) is 0 Å². The molecule has 1 heterocycles. The van der Waals surface area contributed by atoms with Crippen LogP contribution in [-0.2, 0) is 19.7 Å². The number of ether oxygens (including phenoxy) is 1. The predicted octanol–water partition coefficient (Wildman–Crippen LogP) is -1.57. The Morgan fingerprint density at radius 3 is 2.73 bits per heavy atom. The van der Waals surface area contributed by atoms with E-state index in [0.29, 0.717) is 13.2 Å². The average Bonchev–Trinajstić information content (AvgIpc) is 2.07. The molecule has 1 saturated heterocycles. The molecule has 0 aromatic heterocycles. The zero-order valence-electron chi connectivity index (χ0n) is 6.02. The standard InChI is InChI=1S/C5H11NO5/c7-10-11-9-5-6-1-3-8-4-2-6/h7H,1-5H2/p-1. The SMILES string of the molecule is [O-]OOOCN1CCOCC1. The van der Waals surface area contributed by atoms with Crippen LogP contribution >= 0.6 is 0 Å². The lowest BCUT2D eigenvalue weighted by Crippen LogP contribution is -2.37. The molecule has 0 amide bonds. The summed E-state index contributed by atoms with van der Waals surface area (Å²) in [5.41, 5.74) is 0. The van der Waals surface area contributed by atoms with Gasteiger partial charge in [-0.05, 0) is 0 Å². The number of hydrogen-bond donors (Lipinski definition) is 0.